The van der Waals surface area contributed by atoms with Crippen LogP contribution in [0.1, 0.15) is 35.2 Å². The Morgan fingerprint density at radius 2 is 1.70 bits per heavy atom. The minimum atomic E-state index is -0.361. The molecule has 2 heterocycles. The van der Waals surface area contributed by atoms with Crippen molar-refractivity contribution in [3.05, 3.63) is 63.3 Å². The van der Waals surface area contributed by atoms with Gasteiger partial charge < -0.3 is 19.8 Å². The molecule has 0 aliphatic carbocycles. The van der Waals surface area contributed by atoms with Gasteiger partial charge in [-0.2, -0.15) is 0 Å². The van der Waals surface area contributed by atoms with Crippen LogP contribution < -0.4 is 5.32 Å². The third-order valence-corrected chi connectivity index (χ3v) is 5.97. The van der Waals surface area contributed by atoms with Gasteiger partial charge in [-0.05, 0) is 47.5 Å². The van der Waals surface area contributed by atoms with Crippen LogP contribution in [0.25, 0.3) is 10.9 Å². The zero-order chi connectivity index (χ0) is 21.4. The standard InChI is InChI=1S/C22H20Cl2N2O4/c1-29-19(27)9-15-13-7-11(23)3-5-17(13)25-21(15)22-16(10-20(28)30-2)14-8-12(24)4-6-18(14)26-22/h3-8,15,21,25-26H,9-10H2,1-2H3. The van der Waals surface area contributed by atoms with Crippen LogP contribution >= 0.6 is 23.2 Å². The van der Waals surface area contributed by atoms with E-state index in [1.54, 1.807) is 12.1 Å². The van der Waals surface area contributed by atoms with Gasteiger partial charge in [0.2, 0.25) is 0 Å². The number of hydrogen-bond acceptors (Lipinski definition) is 5. The number of halogens is 2. The highest BCUT2D eigenvalue weighted by molar-refractivity contribution is 6.31. The monoisotopic (exact) mass is 446 g/mol. The van der Waals surface area contributed by atoms with Gasteiger partial charge in [0.25, 0.3) is 0 Å². The molecule has 1 aromatic heterocycles. The van der Waals surface area contributed by atoms with Crippen molar-refractivity contribution < 1.29 is 19.1 Å². The zero-order valence-electron chi connectivity index (χ0n) is 16.4. The number of benzene rings is 2. The number of nitrogens with one attached hydrogen (secondary N) is 2. The third kappa shape index (κ3) is 3.73. The first-order chi connectivity index (χ1) is 14.4. The number of fused-ring (bicyclic) bond motifs is 2. The lowest BCUT2D eigenvalue weighted by molar-refractivity contribution is -0.141. The Bertz CT molecular complexity index is 1140. The molecule has 0 saturated heterocycles. The second-order valence-corrected chi connectivity index (χ2v) is 8.07. The molecule has 0 bridgehead atoms. The average molecular weight is 447 g/mol. The Morgan fingerprint density at radius 1 is 1.00 bits per heavy atom. The minimum Gasteiger partial charge on any atom is -0.469 e. The number of carbonyl (C=O) groups is 2. The van der Waals surface area contributed by atoms with Gasteiger partial charge in [-0.15, -0.1) is 0 Å². The summed E-state index contributed by atoms with van der Waals surface area (Å²) in [6, 6.07) is 10.7. The zero-order valence-corrected chi connectivity index (χ0v) is 17.9. The summed E-state index contributed by atoms with van der Waals surface area (Å²) in [6.07, 6.45) is 0.238. The van der Waals surface area contributed by atoms with Crippen molar-refractivity contribution in [3.8, 4) is 0 Å². The molecular formula is C22H20Cl2N2O4. The number of anilines is 1. The molecule has 1 aliphatic rings. The van der Waals surface area contributed by atoms with Gasteiger partial charge in [-0.1, -0.05) is 23.2 Å². The molecule has 0 radical (unpaired) electrons. The van der Waals surface area contributed by atoms with E-state index >= 15 is 0 Å². The molecule has 0 spiro atoms. The van der Waals surface area contributed by atoms with Crippen molar-refractivity contribution >= 4 is 51.7 Å². The second-order valence-electron chi connectivity index (χ2n) is 7.20. The highest BCUT2D eigenvalue weighted by atomic mass is 35.5. The Labute approximate surface area is 183 Å². The fraction of sp³-hybridized carbons (Fsp3) is 0.273. The highest BCUT2D eigenvalue weighted by Crippen LogP contribution is 2.48. The van der Waals surface area contributed by atoms with Gasteiger partial charge in [0.15, 0.2) is 0 Å². The number of aromatic nitrogens is 1. The maximum atomic E-state index is 12.2. The van der Waals surface area contributed by atoms with E-state index in [1.165, 1.54) is 14.2 Å². The third-order valence-electron chi connectivity index (χ3n) is 5.50. The quantitative estimate of drug-likeness (QED) is 0.538. The number of rotatable bonds is 5. The van der Waals surface area contributed by atoms with Gasteiger partial charge in [-0.25, -0.2) is 0 Å². The van der Waals surface area contributed by atoms with Gasteiger partial charge >= 0.3 is 11.9 Å². The summed E-state index contributed by atoms with van der Waals surface area (Å²) in [5.41, 5.74) is 4.25. The number of H-pyrrole nitrogens is 1. The van der Waals surface area contributed by atoms with Crippen LogP contribution in [0, 0.1) is 0 Å². The fourth-order valence-electron chi connectivity index (χ4n) is 4.10. The van der Waals surface area contributed by atoms with Gasteiger partial charge in [0.1, 0.15) is 0 Å². The van der Waals surface area contributed by atoms with Gasteiger partial charge in [0, 0.05) is 38.2 Å². The van der Waals surface area contributed by atoms with Crippen molar-refractivity contribution in [3.63, 3.8) is 0 Å². The predicted octanol–water partition coefficient (Wildman–Crippen LogP) is 5.00. The van der Waals surface area contributed by atoms with Gasteiger partial charge in [-0.3, -0.25) is 9.59 Å². The van der Waals surface area contributed by atoms with E-state index in [2.05, 4.69) is 10.3 Å². The van der Waals surface area contributed by atoms with Crippen molar-refractivity contribution in [2.75, 3.05) is 19.5 Å². The maximum absolute atomic E-state index is 12.2. The molecule has 30 heavy (non-hydrogen) atoms. The molecule has 4 rings (SSSR count). The van der Waals surface area contributed by atoms with Crippen molar-refractivity contribution in [2.24, 2.45) is 0 Å². The lowest BCUT2D eigenvalue weighted by atomic mass is 9.88. The molecule has 2 aromatic carbocycles. The van der Waals surface area contributed by atoms with Crippen LogP contribution in [-0.2, 0) is 25.5 Å². The first-order valence-electron chi connectivity index (χ1n) is 9.41. The van der Waals surface area contributed by atoms with E-state index in [9.17, 15) is 9.59 Å². The summed E-state index contributed by atoms with van der Waals surface area (Å²) < 4.78 is 9.84. The number of hydrogen-bond donors (Lipinski definition) is 2. The molecule has 1 aliphatic heterocycles. The van der Waals surface area contributed by atoms with Crippen LogP contribution in [0.5, 0.6) is 0 Å². The van der Waals surface area contributed by atoms with Crippen molar-refractivity contribution in [2.45, 2.75) is 24.8 Å². The van der Waals surface area contributed by atoms with Crippen LogP contribution in [0.2, 0.25) is 10.0 Å². The van der Waals surface area contributed by atoms with E-state index in [1.807, 2.05) is 24.3 Å². The number of ether oxygens (including phenoxy) is 2. The second kappa shape index (κ2) is 8.20. The number of methoxy groups -OCH3 is 2. The molecule has 8 heteroatoms. The first kappa shape index (κ1) is 20.6. The number of aromatic amines is 1. The normalized spacial score (nSPS) is 17.5. The van der Waals surface area contributed by atoms with Crippen LogP contribution in [0.4, 0.5) is 5.69 Å². The highest BCUT2D eigenvalue weighted by Gasteiger charge is 2.38. The molecule has 156 valence electrons. The predicted molar refractivity (Wildman–Crippen MR) is 116 cm³/mol. The van der Waals surface area contributed by atoms with Crippen molar-refractivity contribution in [1.29, 1.82) is 0 Å². The average Bonchev–Trinajstić information content (AvgIpc) is 3.25. The molecule has 0 amide bonds. The van der Waals surface area contributed by atoms with Crippen LogP contribution in [0.3, 0.4) is 0 Å². The molecule has 0 fully saturated rings. The van der Waals surface area contributed by atoms with E-state index in [4.69, 9.17) is 32.7 Å². The van der Waals surface area contributed by atoms with E-state index < -0.39 is 0 Å². The summed E-state index contributed by atoms with van der Waals surface area (Å²) in [5, 5.41) is 5.48. The summed E-state index contributed by atoms with van der Waals surface area (Å²) in [5.74, 6) is -0.917. The SMILES string of the molecule is COC(=O)Cc1c(C2Nc3ccc(Cl)cc3C2CC(=O)OC)[nH]c2ccc(Cl)cc12. The largest absolute Gasteiger partial charge is 0.469 e. The Kier molecular flexibility index (Phi) is 5.62. The lowest BCUT2D eigenvalue weighted by Gasteiger charge is -2.20. The Hall–Kier alpha value is -2.70. The van der Waals surface area contributed by atoms with Crippen molar-refractivity contribution in [1.82, 2.24) is 4.98 Å². The summed E-state index contributed by atoms with van der Waals surface area (Å²) in [4.78, 5) is 27.8. The van der Waals surface area contributed by atoms with E-state index in [0.29, 0.717) is 10.0 Å². The minimum absolute atomic E-state index is 0.0758. The molecule has 2 N–H and O–H groups in total. The molecule has 6 nitrogen and oxygen atoms in total. The van der Waals surface area contributed by atoms with Crippen LogP contribution in [-0.4, -0.2) is 31.1 Å². The number of carbonyl (C=O) groups excluding carboxylic acids is 2. The summed E-state index contributed by atoms with van der Waals surface area (Å²) in [6.45, 7) is 0. The topological polar surface area (TPSA) is 80.4 Å². The fourth-order valence-corrected chi connectivity index (χ4v) is 4.45. The summed E-state index contributed by atoms with van der Waals surface area (Å²) >= 11 is 12.4. The molecule has 2 atom stereocenters. The lowest BCUT2D eigenvalue weighted by Crippen LogP contribution is -2.18. The van der Waals surface area contributed by atoms with Crippen LogP contribution in [0.15, 0.2) is 36.4 Å². The molecular weight excluding hydrogens is 427 g/mol. The molecule has 3 aromatic rings. The number of esters is 2. The maximum Gasteiger partial charge on any atom is 0.310 e. The van der Waals surface area contributed by atoms with E-state index in [0.717, 1.165) is 33.4 Å². The first-order valence-corrected chi connectivity index (χ1v) is 10.2. The molecule has 2 unspecified atom stereocenters. The molecule has 0 saturated carbocycles. The Balaban J connectivity index is 1.86. The van der Waals surface area contributed by atoms with E-state index in [-0.39, 0.29) is 36.7 Å². The smallest absolute Gasteiger partial charge is 0.310 e. The Morgan fingerprint density at radius 3 is 2.43 bits per heavy atom. The summed E-state index contributed by atoms with van der Waals surface area (Å²) in [7, 11) is 2.72. The van der Waals surface area contributed by atoms with Gasteiger partial charge in [0.05, 0.1) is 33.1 Å².